The third-order valence-electron chi connectivity index (χ3n) is 4.49. The fourth-order valence-corrected chi connectivity index (χ4v) is 3.51. The number of benzene rings is 1. The molecule has 2 amide bonds. The van der Waals surface area contributed by atoms with Gasteiger partial charge in [-0.2, -0.15) is 0 Å². The van der Waals surface area contributed by atoms with Crippen molar-refractivity contribution in [2.75, 3.05) is 4.90 Å². The average molecular weight is 324 g/mol. The van der Waals surface area contributed by atoms with Gasteiger partial charge >= 0.3 is 0 Å². The van der Waals surface area contributed by atoms with E-state index >= 15 is 0 Å². The van der Waals surface area contributed by atoms with Crippen LogP contribution < -0.4 is 4.90 Å². The quantitative estimate of drug-likeness (QED) is 0.573. The number of halogens is 2. The summed E-state index contributed by atoms with van der Waals surface area (Å²) in [5.74, 6) is -0.866. The number of amides is 2. The minimum absolute atomic E-state index is 0.166. The Morgan fingerprint density at radius 3 is 2.05 bits per heavy atom. The second kappa shape index (κ2) is 5.15. The summed E-state index contributed by atoms with van der Waals surface area (Å²) in [6.45, 7) is 4.05. The second-order valence-corrected chi connectivity index (χ2v) is 6.63. The van der Waals surface area contributed by atoms with Gasteiger partial charge in [0.05, 0.1) is 22.5 Å². The van der Waals surface area contributed by atoms with Gasteiger partial charge in [-0.1, -0.05) is 34.3 Å². The molecular formula is C16H15Cl2NO2. The Balaban J connectivity index is 2.02. The van der Waals surface area contributed by atoms with Crippen LogP contribution in [0.1, 0.15) is 26.7 Å². The molecule has 1 heterocycles. The summed E-state index contributed by atoms with van der Waals surface area (Å²) in [6, 6.07) is 4.82. The van der Waals surface area contributed by atoms with Gasteiger partial charge in [-0.25, -0.2) is 4.90 Å². The van der Waals surface area contributed by atoms with Crippen molar-refractivity contribution in [3.8, 4) is 0 Å². The van der Waals surface area contributed by atoms with Crippen molar-refractivity contribution >= 4 is 40.7 Å². The molecule has 1 aromatic rings. The van der Waals surface area contributed by atoms with Crippen LogP contribution in [0.2, 0.25) is 10.0 Å². The Labute approximate surface area is 133 Å². The Kier molecular flexibility index (Phi) is 3.58. The lowest BCUT2D eigenvalue weighted by atomic mass is 9.78. The van der Waals surface area contributed by atoms with Crippen LogP contribution in [0.5, 0.6) is 0 Å². The van der Waals surface area contributed by atoms with Crippen molar-refractivity contribution in [3.05, 3.63) is 39.4 Å². The van der Waals surface area contributed by atoms with Crippen LogP contribution in [0.15, 0.2) is 29.3 Å². The molecule has 1 saturated heterocycles. The fourth-order valence-electron chi connectivity index (χ4n) is 3.15. The first-order chi connectivity index (χ1) is 9.90. The normalized spacial score (nSPS) is 25.6. The average Bonchev–Trinajstić information content (AvgIpc) is 2.66. The van der Waals surface area contributed by atoms with E-state index in [9.17, 15) is 9.59 Å². The summed E-state index contributed by atoms with van der Waals surface area (Å²) >= 11 is 12.1. The van der Waals surface area contributed by atoms with Crippen molar-refractivity contribution in [1.29, 1.82) is 0 Å². The van der Waals surface area contributed by atoms with Crippen LogP contribution in [0.25, 0.3) is 0 Å². The predicted molar refractivity (Wildman–Crippen MR) is 83.5 cm³/mol. The molecule has 0 saturated carbocycles. The van der Waals surface area contributed by atoms with E-state index in [-0.39, 0.29) is 23.7 Å². The largest absolute Gasteiger partial charge is 0.274 e. The maximum absolute atomic E-state index is 12.6. The molecule has 0 radical (unpaired) electrons. The third kappa shape index (κ3) is 2.29. The van der Waals surface area contributed by atoms with Gasteiger partial charge in [0.15, 0.2) is 0 Å². The van der Waals surface area contributed by atoms with Gasteiger partial charge in [-0.15, -0.1) is 0 Å². The second-order valence-electron chi connectivity index (χ2n) is 5.79. The number of carbonyl (C=O) groups is 2. The number of nitrogens with zero attached hydrogens (tertiary/aromatic N) is 1. The summed E-state index contributed by atoms with van der Waals surface area (Å²) in [4.78, 5) is 26.5. The highest BCUT2D eigenvalue weighted by atomic mass is 35.5. The van der Waals surface area contributed by atoms with Crippen LogP contribution in [0.3, 0.4) is 0 Å². The van der Waals surface area contributed by atoms with Crippen LogP contribution in [-0.4, -0.2) is 11.8 Å². The predicted octanol–water partition coefficient (Wildman–Crippen LogP) is 4.23. The maximum Gasteiger partial charge on any atom is 0.238 e. The van der Waals surface area contributed by atoms with Gasteiger partial charge in [0, 0.05) is 5.02 Å². The van der Waals surface area contributed by atoms with Gasteiger partial charge in [0.2, 0.25) is 11.8 Å². The number of anilines is 1. The van der Waals surface area contributed by atoms with Crippen molar-refractivity contribution in [3.63, 3.8) is 0 Å². The Bertz CT molecular complexity index is 649. The highest BCUT2D eigenvalue weighted by molar-refractivity contribution is 6.37. The van der Waals surface area contributed by atoms with Gasteiger partial charge in [-0.05, 0) is 44.9 Å². The number of rotatable bonds is 1. The van der Waals surface area contributed by atoms with Crippen LogP contribution in [0.4, 0.5) is 5.69 Å². The number of hydrogen-bond acceptors (Lipinski definition) is 2. The third-order valence-corrected chi connectivity index (χ3v) is 5.05. The van der Waals surface area contributed by atoms with E-state index in [0.29, 0.717) is 28.6 Å². The van der Waals surface area contributed by atoms with Crippen molar-refractivity contribution in [2.45, 2.75) is 26.7 Å². The molecule has 0 unspecified atom stereocenters. The topological polar surface area (TPSA) is 37.4 Å². The lowest BCUT2D eigenvalue weighted by Gasteiger charge is -2.23. The van der Waals surface area contributed by atoms with E-state index < -0.39 is 0 Å². The molecule has 1 aliphatic heterocycles. The Morgan fingerprint density at radius 2 is 1.52 bits per heavy atom. The monoisotopic (exact) mass is 323 g/mol. The highest BCUT2D eigenvalue weighted by Crippen LogP contribution is 2.43. The number of fused-ring (bicyclic) bond motifs is 1. The molecule has 2 atom stereocenters. The zero-order chi connectivity index (χ0) is 15.3. The Morgan fingerprint density at radius 1 is 1.00 bits per heavy atom. The molecule has 21 heavy (non-hydrogen) atoms. The zero-order valence-corrected chi connectivity index (χ0v) is 13.3. The maximum atomic E-state index is 12.6. The van der Waals surface area contributed by atoms with Crippen LogP contribution in [0, 0.1) is 11.8 Å². The van der Waals surface area contributed by atoms with E-state index in [1.807, 2.05) is 13.8 Å². The SMILES string of the molecule is CC1=C(C)C[C@H]2C(=O)N(c3cc(Cl)ccc3Cl)C(=O)[C@H]2C1. The smallest absolute Gasteiger partial charge is 0.238 e. The van der Waals surface area contributed by atoms with Crippen molar-refractivity contribution in [2.24, 2.45) is 11.8 Å². The molecule has 0 bridgehead atoms. The fraction of sp³-hybridized carbons (Fsp3) is 0.375. The molecule has 5 heteroatoms. The van der Waals surface area contributed by atoms with Crippen LogP contribution in [-0.2, 0) is 9.59 Å². The molecule has 1 aliphatic carbocycles. The lowest BCUT2D eigenvalue weighted by Crippen LogP contribution is -2.31. The van der Waals surface area contributed by atoms with Gasteiger partial charge in [-0.3, -0.25) is 9.59 Å². The molecule has 2 aliphatic rings. The minimum Gasteiger partial charge on any atom is -0.274 e. The Hall–Kier alpha value is -1.32. The van der Waals surface area contributed by atoms with Gasteiger partial charge < -0.3 is 0 Å². The van der Waals surface area contributed by atoms with E-state index in [1.54, 1.807) is 18.2 Å². The summed E-state index contributed by atoms with van der Waals surface area (Å²) in [6.07, 6.45) is 1.30. The molecule has 0 aromatic heterocycles. The molecule has 0 N–H and O–H groups in total. The first kappa shape index (κ1) is 14.6. The first-order valence-electron chi connectivity index (χ1n) is 6.88. The van der Waals surface area contributed by atoms with E-state index in [4.69, 9.17) is 23.2 Å². The lowest BCUT2D eigenvalue weighted by molar-refractivity contribution is -0.122. The molecule has 3 rings (SSSR count). The molecule has 1 aromatic carbocycles. The molecule has 1 fully saturated rings. The highest BCUT2D eigenvalue weighted by Gasteiger charge is 2.50. The zero-order valence-electron chi connectivity index (χ0n) is 11.8. The number of imide groups is 1. The van der Waals surface area contributed by atoms with E-state index in [2.05, 4.69) is 0 Å². The molecule has 110 valence electrons. The standard InChI is InChI=1S/C16H15Cl2NO2/c1-8-5-11-12(6-9(8)2)16(21)19(15(11)20)14-7-10(17)3-4-13(14)18/h3-4,7,11-12H,5-6H2,1-2H3/t11-,12+. The van der Waals surface area contributed by atoms with E-state index in [0.717, 1.165) is 0 Å². The minimum atomic E-state index is -0.267. The van der Waals surface area contributed by atoms with Crippen molar-refractivity contribution in [1.82, 2.24) is 0 Å². The summed E-state index contributed by atoms with van der Waals surface area (Å²) in [5, 5.41) is 0.816. The summed E-state index contributed by atoms with van der Waals surface area (Å²) in [5.41, 5.74) is 2.80. The summed E-state index contributed by atoms with van der Waals surface area (Å²) < 4.78 is 0. The number of hydrogen-bond donors (Lipinski definition) is 0. The van der Waals surface area contributed by atoms with Gasteiger partial charge in [0.25, 0.3) is 0 Å². The summed E-state index contributed by atoms with van der Waals surface area (Å²) in [7, 11) is 0. The number of allylic oxidation sites excluding steroid dienone is 2. The molecule has 3 nitrogen and oxygen atoms in total. The first-order valence-corrected chi connectivity index (χ1v) is 7.64. The van der Waals surface area contributed by atoms with Crippen molar-refractivity contribution < 1.29 is 9.59 Å². The van der Waals surface area contributed by atoms with E-state index in [1.165, 1.54) is 16.0 Å². The van der Waals surface area contributed by atoms with Crippen LogP contribution >= 0.6 is 23.2 Å². The number of carbonyl (C=O) groups excluding carboxylic acids is 2. The molecular weight excluding hydrogens is 309 g/mol. The molecule has 0 spiro atoms. The van der Waals surface area contributed by atoms with Gasteiger partial charge in [0.1, 0.15) is 0 Å².